The largest absolute Gasteiger partial charge is 0.467 e. The van der Waals surface area contributed by atoms with E-state index in [0.717, 1.165) is 17.9 Å². The van der Waals surface area contributed by atoms with Gasteiger partial charge in [-0.05, 0) is 36.2 Å². The molecule has 0 spiro atoms. The third-order valence-electron chi connectivity index (χ3n) is 3.52. The Morgan fingerprint density at radius 2 is 1.87 bits per heavy atom. The topological polar surface area (TPSA) is 89.0 Å². The summed E-state index contributed by atoms with van der Waals surface area (Å²) in [5.74, 6) is 1.96. The van der Waals surface area contributed by atoms with Gasteiger partial charge in [-0.2, -0.15) is 0 Å². The number of nitrogen functional groups attached to an aromatic ring is 1. The molecule has 23 heavy (non-hydrogen) atoms. The Morgan fingerprint density at radius 3 is 2.57 bits per heavy atom. The van der Waals surface area contributed by atoms with E-state index < -0.39 is 0 Å². The van der Waals surface area contributed by atoms with Crippen molar-refractivity contribution < 1.29 is 4.42 Å². The first-order valence-corrected chi connectivity index (χ1v) is 7.49. The number of nitrogens with two attached hydrogens (primary N) is 1. The van der Waals surface area contributed by atoms with Gasteiger partial charge in [0.2, 0.25) is 0 Å². The highest BCUT2D eigenvalue weighted by Crippen LogP contribution is 2.26. The summed E-state index contributed by atoms with van der Waals surface area (Å²) < 4.78 is 5.28. The molecule has 0 aliphatic heterocycles. The summed E-state index contributed by atoms with van der Waals surface area (Å²) in [6.07, 6.45) is 4.12. The molecule has 3 rings (SSSR count). The molecule has 6 heteroatoms. The zero-order valence-electron chi connectivity index (χ0n) is 12.9. The van der Waals surface area contributed by atoms with Crippen LogP contribution in [0.3, 0.4) is 0 Å². The molecule has 0 aliphatic rings. The lowest BCUT2D eigenvalue weighted by molar-refractivity contribution is 0.518. The summed E-state index contributed by atoms with van der Waals surface area (Å²) in [7, 11) is 0. The minimum absolute atomic E-state index is 0.471. The van der Waals surface area contributed by atoms with Crippen molar-refractivity contribution in [2.75, 3.05) is 16.4 Å². The van der Waals surface area contributed by atoms with Gasteiger partial charge in [-0.3, -0.25) is 0 Å². The minimum atomic E-state index is 0.471. The lowest BCUT2D eigenvalue weighted by Gasteiger charge is -2.12. The van der Waals surface area contributed by atoms with Crippen molar-refractivity contribution in [3.63, 3.8) is 0 Å². The fourth-order valence-corrected chi connectivity index (χ4v) is 2.18. The number of hydrogen-bond acceptors (Lipinski definition) is 6. The molecule has 118 valence electrons. The van der Waals surface area contributed by atoms with E-state index in [4.69, 9.17) is 10.2 Å². The van der Waals surface area contributed by atoms with E-state index in [-0.39, 0.29) is 0 Å². The monoisotopic (exact) mass is 309 g/mol. The van der Waals surface area contributed by atoms with Gasteiger partial charge in [-0.15, -0.1) is 0 Å². The maximum absolute atomic E-state index is 6.15. The average Bonchev–Trinajstić information content (AvgIpc) is 3.10. The van der Waals surface area contributed by atoms with E-state index in [1.165, 1.54) is 11.9 Å². The van der Waals surface area contributed by atoms with Gasteiger partial charge in [0.15, 0.2) is 11.6 Å². The zero-order chi connectivity index (χ0) is 16.1. The van der Waals surface area contributed by atoms with Gasteiger partial charge in [0.25, 0.3) is 0 Å². The number of nitrogens with one attached hydrogen (secondary N) is 2. The molecule has 2 aromatic heterocycles. The molecule has 0 atom stereocenters. The van der Waals surface area contributed by atoms with Crippen LogP contribution < -0.4 is 16.4 Å². The van der Waals surface area contributed by atoms with Crippen LogP contribution >= 0.6 is 0 Å². The SMILES string of the molecule is CCc1ccc(Nc2ncnc(NCc3ccco3)c2N)cc1. The van der Waals surface area contributed by atoms with Gasteiger partial charge in [-0.25, -0.2) is 9.97 Å². The van der Waals surface area contributed by atoms with Crippen molar-refractivity contribution in [3.8, 4) is 0 Å². The summed E-state index contributed by atoms with van der Waals surface area (Å²) in [6, 6.07) is 11.9. The van der Waals surface area contributed by atoms with Crippen LogP contribution in [0, 0.1) is 0 Å². The van der Waals surface area contributed by atoms with Crippen LogP contribution in [0.25, 0.3) is 0 Å². The molecule has 2 heterocycles. The van der Waals surface area contributed by atoms with Crippen molar-refractivity contribution in [1.29, 1.82) is 0 Å². The van der Waals surface area contributed by atoms with Crippen LogP contribution in [0.2, 0.25) is 0 Å². The van der Waals surface area contributed by atoms with E-state index in [2.05, 4.69) is 39.7 Å². The van der Waals surface area contributed by atoms with Gasteiger partial charge >= 0.3 is 0 Å². The number of aromatic nitrogens is 2. The summed E-state index contributed by atoms with van der Waals surface area (Å²) in [6.45, 7) is 2.64. The number of nitrogens with zero attached hydrogens (tertiary/aromatic N) is 2. The molecule has 0 radical (unpaired) electrons. The third-order valence-corrected chi connectivity index (χ3v) is 3.52. The predicted molar refractivity (Wildman–Crippen MR) is 91.6 cm³/mol. The molecule has 3 aromatic rings. The standard InChI is InChI=1S/C17H19N5O/c1-2-12-5-7-13(8-6-12)22-17-15(18)16(20-11-21-17)19-10-14-4-3-9-23-14/h3-9,11H,2,10,18H2,1H3,(H2,19,20,21,22). The fraction of sp³-hybridized carbons (Fsp3) is 0.176. The number of rotatable bonds is 6. The molecular formula is C17H19N5O. The quantitative estimate of drug-likeness (QED) is 0.645. The minimum Gasteiger partial charge on any atom is -0.467 e. The first kappa shape index (κ1) is 14.9. The van der Waals surface area contributed by atoms with Crippen molar-refractivity contribution in [2.24, 2.45) is 0 Å². The molecule has 0 bridgehead atoms. The van der Waals surface area contributed by atoms with Gasteiger partial charge in [-0.1, -0.05) is 19.1 Å². The van der Waals surface area contributed by atoms with Crippen LogP contribution in [0.5, 0.6) is 0 Å². The lowest BCUT2D eigenvalue weighted by atomic mass is 10.1. The second kappa shape index (κ2) is 6.83. The number of hydrogen-bond donors (Lipinski definition) is 3. The highest BCUT2D eigenvalue weighted by molar-refractivity contribution is 5.77. The Balaban J connectivity index is 1.73. The first-order valence-electron chi connectivity index (χ1n) is 7.49. The molecule has 0 saturated carbocycles. The normalized spacial score (nSPS) is 10.5. The van der Waals surface area contributed by atoms with Gasteiger partial charge in [0, 0.05) is 5.69 Å². The van der Waals surface area contributed by atoms with E-state index in [0.29, 0.717) is 23.9 Å². The number of furan rings is 1. The van der Waals surface area contributed by atoms with Gasteiger partial charge < -0.3 is 20.8 Å². The van der Waals surface area contributed by atoms with Gasteiger partial charge in [0.1, 0.15) is 17.8 Å². The Morgan fingerprint density at radius 1 is 1.09 bits per heavy atom. The summed E-state index contributed by atoms with van der Waals surface area (Å²) in [5.41, 5.74) is 8.84. The lowest BCUT2D eigenvalue weighted by Crippen LogP contribution is -2.07. The van der Waals surface area contributed by atoms with Crippen LogP contribution in [-0.2, 0) is 13.0 Å². The molecule has 0 unspecified atom stereocenters. The molecular weight excluding hydrogens is 290 g/mol. The fourth-order valence-electron chi connectivity index (χ4n) is 2.18. The highest BCUT2D eigenvalue weighted by Gasteiger charge is 2.08. The third kappa shape index (κ3) is 3.60. The smallest absolute Gasteiger partial charge is 0.159 e. The summed E-state index contributed by atoms with van der Waals surface area (Å²) >= 11 is 0. The number of aryl methyl sites for hydroxylation is 1. The molecule has 0 saturated heterocycles. The molecule has 0 amide bonds. The predicted octanol–water partition coefficient (Wildman–Crippen LogP) is 3.57. The maximum Gasteiger partial charge on any atom is 0.159 e. The van der Waals surface area contributed by atoms with Crippen molar-refractivity contribution in [2.45, 2.75) is 19.9 Å². The molecule has 0 fully saturated rings. The molecule has 4 N–H and O–H groups in total. The molecule has 6 nitrogen and oxygen atoms in total. The van der Waals surface area contributed by atoms with Crippen LogP contribution in [0.4, 0.5) is 23.0 Å². The van der Waals surface area contributed by atoms with Crippen molar-refractivity contribution in [1.82, 2.24) is 9.97 Å². The Kier molecular flexibility index (Phi) is 4.42. The van der Waals surface area contributed by atoms with E-state index in [1.54, 1.807) is 6.26 Å². The van der Waals surface area contributed by atoms with Crippen molar-refractivity contribution >= 4 is 23.0 Å². The Hall–Kier alpha value is -3.02. The summed E-state index contributed by atoms with van der Waals surface area (Å²) in [4.78, 5) is 8.39. The van der Waals surface area contributed by atoms with Crippen LogP contribution in [-0.4, -0.2) is 9.97 Å². The number of anilines is 4. The summed E-state index contributed by atoms with van der Waals surface area (Å²) in [5, 5.41) is 6.37. The first-order chi connectivity index (χ1) is 11.3. The average molecular weight is 309 g/mol. The van der Waals surface area contributed by atoms with E-state index in [9.17, 15) is 0 Å². The second-order valence-corrected chi connectivity index (χ2v) is 5.09. The van der Waals surface area contributed by atoms with E-state index >= 15 is 0 Å². The van der Waals surface area contributed by atoms with Crippen LogP contribution in [0.1, 0.15) is 18.2 Å². The Bertz CT molecular complexity index is 753. The van der Waals surface area contributed by atoms with Crippen LogP contribution in [0.15, 0.2) is 53.4 Å². The van der Waals surface area contributed by atoms with Crippen molar-refractivity contribution in [3.05, 3.63) is 60.3 Å². The van der Waals surface area contributed by atoms with Gasteiger partial charge in [0.05, 0.1) is 12.8 Å². The highest BCUT2D eigenvalue weighted by atomic mass is 16.3. The zero-order valence-corrected chi connectivity index (χ0v) is 12.9. The molecule has 0 aliphatic carbocycles. The Labute approximate surface area is 134 Å². The molecule has 1 aromatic carbocycles. The second-order valence-electron chi connectivity index (χ2n) is 5.09. The maximum atomic E-state index is 6.15. The number of benzene rings is 1. The van der Waals surface area contributed by atoms with E-state index in [1.807, 2.05) is 24.3 Å².